The molecule has 22 heavy (non-hydrogen) atoms. The Kier molecular flexibility index (Phi) is 5.50. The van der Waals surface area contributed by atoms with Gasteiger partial charge in [0, 0.05) is 6.26 Å². The zero-order valence-corrected chi connectivity index (χ0v) is 13.2. The molecule has 0 amide bonds. The molecule has 3 aromatic rings. The minimum absolute atomic E-state index is 0.354. The summed E-state index contributed by atoms with van der Waals surface area (Å²) >= 11 is 0. The van der Waals surface area contributed by atoms with Crippen molar-refractivity contribution in [1.29, 1.82) is 0 Å². The highest BCUT2D eigenvalue weighted by Crippen LogP contribution is 2.20. The van der Waals surface area contributed by atoms with Crippen LogP contribution in [0, 0.1) is 0 Å². The number of rotatable bonds is 2. The standard InChI is InChI=1S/C13H12O2S.C6H6/c1-16(14,15)13-9-7-12(8-10-13)11-5-3-2-4-6-11;1-2-4-6-5-3-1/h2-10H,1H3;1-6H. The lowest BCUT2D eigenvalue weighted by atomic mass is 10.1. The minimum Gasteiger partial charge on any atom is -0.224 e. The van der Waals surface area contributed by atoms with Crippen molar-refractivity contribution in [2.75, 3.05) is 6.26 Å². The van der Waals surface area contributed by atoms with Gasteiger partial charge in [-0.3, -0.25) is 0 Å². The Hall–Kier alpha value is -2.39. The third-order valence-corrected chi connectivity index (χ3v) is 4.18. The Morgan fingerprint density at radius 3 is 1.32 bits per heavy atom. The lowest BCUT2D eigenvalue weighted by molar-refractivity contribution is 0.602. The maximum absolute atomic E-state index is 11.3. The van der Waals surface area contributed by atoms with E-state index in [1.807, 2.05) is 78.9 Å². The van der Waals surface area contributed by atoms with E-state index in [0.717, 1.165) is 11.1 Å². The van der Waals surface area contributed by atoms with Crippen LogP contribution in [-0.2, 0) is 9.84 Å². The molecule has 0 aliphatic rings. The smallest absolute Gasteiger partial charge is 0.175 e. The highest BCUT2D eigenvalue weighted by molar-refractivity contribution is 7.90. The van der Waals surface area contributed by atoms with Crippen LogP contribution in [0.2, 0.25) is 0 Å². The van der Waals surface area contributed by atoms with Gasteiger partial charge >= 0.3 is 0 Å². The van der Waals surface area contributed by atoms with E-state index in [1.165, 1.54) is 6.26 Å². The van der Waals surface area contributed by atoms with Crippen molar-refractivity contribution < 1.29 is 8.42 Å². The normalized spacial score (nSPS) is 10.4. The highest BCUT2D eigenvalue weighted by Gasteiger charge is 2.06. The second-order valence-corrected chi connectivity index (χ2v) is 6.83. The number of sulfone groups is 1. The third kappa shape index (κ3) is 4.86. The molecular formula is C19H18O2S. The van der Waals surface area contributed by atoms with E-state index in [9.17, 15) is 8.42 Å². The third-order valence-electron chi connectivity index (χ3n) is 3.06. The van der Waals surface area contributed by atoms with Crippen LogP contribution < -0.4 is 0 Å². The summed E-state index contributed by atoms with van der Waals surface area (Å²) in [7, 11) is -3.10. The zero-order chi connectivity index (χ0) is 15.8. The molecular weight excluding hydrogens is 292 g/mol. The lowest BCUT2D eigenvalue weighted by Gasteiger charge is -2.02. The monoisotopic (exact) mass is 310 g/mol. The summed E-state index contributed by atoms with van der Waals surface area (Å²) in [6.07, 6.45) is 1.21. The van der Waals surface area contributed by atoms with Crippen LogP contribution in [-0.4, -0.2) is 14.7 Å². The molecule has 0 unspecified atom stereocenters. The quantitative estimate of drug-likeness (QED) is 0.701. The van der Waals surface area contributed by atoms with E-state index in [4.69, 9.17) is 0 Å². The van der Waals surface area contributed by atoms with Crippen LogP contribution in [0.5, 0.6) is 0 Å². The molecule has 0 radical (unpaired) electrons. The van der Waals surface area contributed by atoms with Gasteiger partial charge in [-0.25, -0.2) is 8.42 Å². The molecule has 0 atom stereocenters. The molecule has 0 heterocycles. The fourth-order valence-corrected chi connectivity index (χ4v) is 2.54. The second-order valence-electron chi connectivity index (χ2n) is 4.82. The lowest BCUT2D eigenvalue weighted by Crippen LogP contribution is -1.96. The van der Waals surface area contributed by atoms with E-state index in [1.54, 1.807) is 12.1 Å². The molecule has 0 spiro atoms. The summed E-state index contributed by atoms with van der Waals surface area (Å²) in [6, 6.07) is 28.8. The largest absolute Gasteiger partial charge is 0.224 e. The average Bonchev–Trinajstić information content (AvgIpc) is 2.57. The Balaban J connectivity index is 0.000000246. The molecule has 0 aliphatic carbocycles. The molecule has 0 bridgehead atoms. The maximum Gasteiger partial charge on any atom is 0.175 e. The molecule has 0 saturated carbocycles. The molecule has 112 valence electrons. The summed E-state index contributed by atoms with van der Waals surface area (Å²) in [5.41, 5.74) is 2.11. The first-order chi connectivity index (χ1) is 10.6. The van der Waals surface area contributed by atoms with E-state index in [-0.39, 0.29) is 0 Å². The maximum atomic E-state index is 11.3. The Morgan fingerprint density at radius 2 is 0.909 bits per heavy atom. The first-order valence-electron chi connectivity index (χ1n) is 6.93. The molecule has 3 rings (SSSR count). The minimum atomic E-state index is -3.10. The predicted octanol–water partition coefficient (Wildman–Crippen LogP) is 4.44. The summed E-state index contributed by atoms with van der Waals surface area (Å²) in [5.74, 6) is 0. The van der Waals surface area contributed by atoms with E-state index < -0.39 is 9.84 Å². The van der Waals surface area contributed by atoms with Crippen molar-refractivity contribution >= 4 is 9.84 Å². The van der Waals surface area contributed by atoms with Crippen molar-refractivity contribution in [2.45, 2.75) is 4.90 Å². The van der Waals surface area contributed by atoms with Gasteiger partial charge in [-0.1, -0.05) is 78.9 Å². The van der Waals surface area contributed by atoms with Crippen LogP contribution in [0.15, 0.2) is 95.9 Å². The van der Waals surface area contributed by atoms with Gasteiger partial charge in [0.05, 0.1) is 4.90 Å². The fourth-order valence-electron chi connectivity index (χ4n) is 1.91. The van der Waals surface area contributed by atoms with Crippen LogP contribution in [0.25, 0.3) is 11.1 Å². The summed E-state index contributed by atoms with van der Waals surface area (Å²) in [6.45, 7) is 0. The summed E-state index contributed by atoms with van der Waals surface area (Å²) in [5, 5.41) is 0. The first-order valence-corrected chi connectivity index (χ1v) is 8.82. The van der Waals surface area contributed by atoms with Gasteiger partial charge in [0.15, 0.2) is 9.84 Å². The van der Waals surface area contributed by atoms with Gasteiger partial charge in [0.2, 0.25) is 0 Å². The zero-order valence-electron chi connectivity index (χ0n) is 12.4. The SMILES string of the molecule is CS(=O)(=O)c1ccc(-c2ccccc2)cc1.c1ccccc1. The summed E-state index contributed by atoms with van der Waals surface area (Å²) in [4.78, 5) is 0.354. The van der Waals surface area contributed by atoms with Gasteiger partial charge in [-0.2, -0.15) is 0 Å². The molecule has 3 aromatic carbocycles. The van der Waals surface area contributed by atoms with Crippen LogP contribution in [0.4, 0.5) is 0 Å². The van der Waals surface area contributed by atoms with Gasteiger partial charge < -0.3 is 0 Å². The predicted molar refractivity (Wildman–Crippen MR) is 91.4 cm³/mol. The molecule has 0 saturated heterocycles. The topological polar surface area (TPSA) is 34.1 Å². The highest BCUT2D eigenvalue weighted by atomic mass is 32.2. The van der Waals surface area contributed by atoms with Gasteiger partial charge in [-0.05, 0) is 23.3 Å². The van der Waals surface area contributed by atoms with Gasteiger partial charge in [0.1, 0.15) is 0 Å². The Labute approximate surface area is 132 Å². The van der Waals surface area contributed by atoms with Crippen molar-refractivity contribution in [1.82, 2.24) is 0 Å². The van der Waals surface area contributed by atoms with E-state index >= 15 is 0 Å². The molecule has 3 heteroatoms. The summed E-state index contributed by atoms with van der Waals surface area (Å²) < 4.78 is 22.6. The van der Waals surface area contributed by atoms with Crippen molar-refractivity contribution in [3.8, 4) is 11.1 Å². The molecule has 0 fully saturated rings. The average molecular weight is 310 g/mol. The van der Waals surface area contributed by atoms with E-state index in [0.29, 0.717) is 4.90 Å². The van der Waals surface area contributed by atoms with Gasteiger partial charge in [0.25, 0.3) is 0 Å². The number of benzene rings is 3. The molecule has 2 nitrogen and oxygen atoms in total. The van der Waals surface area contributed by atoms with Crippen LogP contribution >= 0.6 is 0 Å². The van der Waals surface area contributed by atoms with Crippen molar-refractivity contribution in [3.05, 3.63) is 91.0 Å². The fraction of sp³-hybridized carbons (Fsp3) is 0.0526. The molecule has 0 aromatic heterocycles. The second kappa shape index (κ2) is 7.57. The van der Waals surface area contributed by atoms with Crippen molar-refractivity contribution in [3.63, 3.8) is 0 Å². The number of hydrogen-bond acceptors (Lipinski definition) is 2. The Bertz CT molecular complexity index is 751. The van der Waals surface area contributed by atoms with E-state index in [2.05, 4.69) is 0 Å². The Morgan fingerprint density at radius 1 is 0.545 bits per heavy atom. The molecule has 0 aliphatic heterocycles. The van der Waals surface area contributed by atoms with Crippen LogP contribution in [0.3, 0.4) is 0 Å². The first kappa shape index (κ1) is 16.0. The number of hydrogen-bond donors (Lipinski definition) is 0. The van der Waals surface area contributed by atoms with Gasteiger partial charge in [-0.15, -0.1) is 0 Å². The van der Waals surface area contributed by atoms with Crippen molar-refractivity contribution in [2.24, 2.45) is 0 Å². The van der Waals surface area contributed by atoms with Crippen LogP contribution in [0.1, 0.15) is 0 Å². The molecule has 0 N–H and O–H groups in total.